The summed E-state index contributed by atoms with van der Waals surface area (Å²) in [6.45, 7) is 6.57. The van der Waals surface area contributed by atoms with Crippen molar-refractivity contribution in [2.45, 2.75) is 32.6 Å². The van der Waals surface area contributed by atoms with Crippen molar-refractivity contribution < 1.29 is 0 Å². The van der Waals surface area contributed by atoms with E-state index in [2.05, 4.69) is 214 Å². The normalized spacial score (nSPS) is 15.3. The minimum absolute atomic E-state index is 0.316. The van der Waals surface area contributed by atoms with Gasteiger partial charge in [-0.3, -0.25) is 0 Å². The molecule has 0 saturated heterocycles. The van der Waals surface area contributed by atoms with Gasteiger partial charge in [0.05, 0.1) is 27.5 Å². The predicted molar refractivity (Wildman–Crippen MR) is 273 cm³/mol. The average Bonchev–Trinajstić information content (AvgIpc) is 4.03. The quantitative estimate of drug-likeness (QED) is 0.178. The van der Waals surface area contributed by atoms with Crippen LogP contribution in [0.2, 0.25) is 0 Å². The third-order valence-corrected chi connectivity index (χ3v) is 15.7. The number of benzene rings is 9. The first-order chi connectivity index (χ1) is 32.3. The summed E-state index contributed by atoms with van der Waals surface area (Å²) in [6, 6.07) is 62.6. The summed E-state index contributed by atoms with van der Waals surface area (Å²) < 4.78 is 4.43. The largest absolute Gasteiger partial charge is 0.331 e. The smallest absolute Gasteiger partial charge is 0.106 e. The van der Waals surface area contributed by atoms with E-state index in [-0.39, 0.29) is 0 Å². The maximum absolute atomic E-state index is 4.90. The van der Waals surface area contributed by atoms with Crippen LogP contribution in [0.4, 0.5) is 0 Å². The van der Waals surface area contributed by atoms with E-state index >= 15 is 0 Å². The summed E-state index contributed by atoms with van der Waals surface area (Å²) in [6.07, 6.45) is 3.46. The minimum Gasteiger partial charge on any atom is -0.331 e. The van der Waals surface area contributed by atoms with Crippen LogP contribution in [0, 0.1) is 19.8 Å². The third-order valence-electron chi connectivity index (χ3n) is 15.7. The van der Waals surface area contributed by atoms with Crippen molar-refractivity contribution in [2.75, 3.05) is 0 Å². The average molecular weight is 847 g/mol. The van der Waals surface area contributed by atoms with E-state index in [9.17, 15) is 0 Å². The number of imidazole rings is 2. The van der Waals surface area contributed by atoms with E-state index in [0.717, 1.165) is 40.1 Å². The zero-order chi connectivity index (χ0) is 44.2. The van der Waals surface area contributed by atoms with Crippen LogP contribution in [0.1, 0.15) is 57.5 Å². The standard InChI is InChI=1S/C62H46N4/c1-35-30-47(40-26-29-56-58(33-40)66(5)37(3)64-56)49-34-48-41(39-25-28-55-57(32-39)65(4)36(2)63-55)18-12-19-45(48)59(50(49)31-35)46-20-13-23-53-61(46)60-42-15-7-6-14-38(42)24-27-54(60)62(53)51-21-10-8-16-43(51)44-17-9-11-22-52(44)62/h6-30,32-35H,31H2,1-5H3. The van der Waals surface area contributed by atoms with Gasteiger partial charge in [0.25, 0.3) is 0 Å². The molecule has 0 aliphatic heterocycles. The van der Waals surface area contributed by atoms with Crippen LogP contribution in [0.25, 0.3) is 93.7 Å². The van der Waals surface area contributed by atoms with Gasteiger partial charge in [0.1, 0.15) is 11.6 Å². The maximum atomic E-state index is 4.90. The monoisotopic (exact) mass is 846 g/mol. The van der Waals surface area contributed by atoms with E-state index in [1.807, 2.05) is 0 Å². The predicted octanol–water partition coefficient (Wildman–Crippen LogP) is 14.7. The molecule has 3 aliphatic carbocycles. The summed E-state index contributed by atoms with van der Waals surface area (Å²) in [5.41, 5.74) is 24.9. The van der Waals surface area contributed by atoms with Crippen LogP contribution in [-0.4, -0.2) is 19.1 Å². The molecule has 4 nitrogen and oxygen atoms in total. The molecule has 14 rings (SSSR count). The molecule has 4 heteroatoms. The van der Waals surface area contributed by atoms with E-state index in [0.29, 0.717) is 5.92 Å². The highest BCUT2D eigenvalue weighted by Crippen LogP contribution is 2.65. The Morgan fingerprint density at radius 1 is 0.470 bits per heavy atom. The van der Waals surface area contributed by atoms with Gasteiger partial charge in [-0.25, -0.2) is 9.97 Å². The molecular formula is C62H46N4. The SMILES string of the molecule is Cc1nc2ccc(C3=CC(C)Cc4c3cc3c(-c5ccc6nc(C)n(C)c6c5)cccc3c4-c3cccc4c3-c3c(ccc5ccccc35)C43c4ccccc4-c4ccccc43)cc2n1C. The first kappa shape index (κ1) is 37.5. The molecule has 0 fully saturated rings. The number of fused-ring (bicyclic) bond motifs is 16. The Labute approximate surface area is 384 Å². The van der Waals surface area contributed by atoms with Crippen molar-refractivity contribution in [3.63, 3.8) is 0 Å². The second-order valence-corrected chi connectivity index (χ2v) is 19.1. The van der Waals surface area contributed by atoms with E-state index in [1.165, 1.54) is 111 Å². The van der Waals surface area contributed by atoms with Gasteiger partial charge in [0.2, 0.25) is 0 Å². The first-order valence-electron chi connectivity index (χ1n) is 23.3. The number of hydrogen-bond acceptors (Lipinski definition) is 2. The second kappa shape index (κ2) is 13.4. The molecule has 0 amide bonds. The molecule has 1 unspecified atom stereocenters. The molecule has 0 N–H and O–H groups in total. The molecule has 3 aliphatic rings. The lowest BCUT2D eigenvalue weighted by molar-refractivity contribution is 0.715. The number of aryl methyl sites for hydroxylation is 4. The maximum Gasteiger partial charge on any atom is 0.106 e. The van der Waals surface area contributed by atoms with Crippen LogP contribution in [0.3, 0.4) is 0 Å². The van der Waals surface area contributed by atoms with Crippen molar-refractivity contribution in [3.8, 4) is 44.5 Å². The molecular weight excluding hydrogens is 801 g/mol. The molecule has 11 aromatic rings. The van der Waals surface area contributed by atoms with E-state index in [4.69, 9.17) is 9.97 Å². The number of nitrogens with zero attached hydrogens (tertiary/aromatic N) is 4. The van der Waals surface area contributed by atoms with Crippen LogP contribution in [0.5, 0.6) is 0 Å². The lowest BCUT2D eigenvalue weighted by Crippen LogP contribution is -2.25. The second-order valence-electron chi connectivity index (χ2n) is 19.1. The fraction of sp³-hybridized carbons (Fsp3) is 0.129. The Bertz CT molecular complexity index is 3940. The zero-order valence-electron chi connectivity index (χ0n) is 37.7. The fourth-order valence-corrected chi connectivity index (χ4v) is 12.6. The van der Waals surface area contributed by atoms with Gasteiger partial charge in [-0.05, 0) is 167 Å². The highest BCUT2D eigenvalue weighted by Gasteiger charge is 2.52. The molecule has 0 radical (unpaired) electrons. The Kier molecular flexibility index (Phi) is 7.61. The topological polar surface area (TPSA) is 35.6 Å². The van der Waals surface area contributed by atoms with Crippen LogP contribution in [0.15, 0.2) is 170 Å². The fourth-order valence-electron chi connectivity index (χ4n) is 12.6. The summed E-state index contributed by atoms with van der Waals surface area (Å²) in [7, 11) is 4.25. The van der Waals surface area contributed by atoms with Gasteiger partial charge in [-0.15, -0.1) is 0 Å². The first-order valence-corrected chi connectivity index (χ1v) is 23.3. The summed E-state index contributed by atoms with van der Waals surface area (Å²) in [5, 5.41) is 5.09. The molecule has 0 saturated carbocycles. The van der Waals surface area contributed by atoms with Gasteiger partial charge in [-0.1, -0.05) is 146 Å². The lowest BCUT2D eigenvalue weighted by atomic mass is 9.70. The Morgan fingerprint density at radius 3 is 1.79 bits per heavy atom. The molecule has 2 heterocycles. The molecule has 66 heavy (non-hydrogen) atoms. The van der Waals surface area contributed by atoms with Crippen LogP contribution < -0.4 is 0 Å². The van der Waals surface area contributed by atoms with Gasteiger partial charge >= 0.3 is 0 Å². The van der Waals surface area contributed by atoms with Crippen molar-refractivity contribution in [1.82, 2.24) is 19.1 Å². The van der Waals surface area contributed by atoms with Gasteiger partial charge in [0, 0.05) is 14.1 Å². The van der Waals surface area contributed by atoms with Crippen molar-refractivity contribution in [1.29, 1.82) is 0 Å². The number of aromatic nitrogens is 4. The molecule has 314 valence electrons. The van der Waals surface area contributed by atoms with Crippen LogP contribution >= 0.6 is 0 Å². The Morgan fingerprint density at radius 2 is 1.05 bits per heavy atom. The highest BCUT2D eigenvalue weighted by molar-refractivity contribution is 6.15. The number of hydrogen-bond donors (Lipinski definition) is 0. The Hall–Kier alpha value is -7.82. The molecule has 2 aromatic heterocycles. The number of allylic oxidation sites excluding steroid dienone is 1. The van der Waals surface area contributed by atoms with Crippen molar-refractivity contribution >= 4 is 49.2 Å². The van der Waals surface area contributed by atoms with Gasteiger partial charge in [-0.2, -0.15) is 0 Å². The van der Waals surface area contributed by atoms with Crippen molar-refractivity contribution in [3.05, 3.63) is 220 Å². The minimum atomic E-state index is -0.473. The van der Waals surface area contributed by atoms with Crippen molar-refractivity contribution in [2.24, 2.45) is 20.0 Å². The summed E-state index contributed by atoms with van der Waals surface area (Å²) >= 11 is 0. The van der Waals surface area contributed by atoms with Gasteiger partial charge in [0.15, 0.2) is 0 Å². The van der Waals surface area contributed by atoms with E-state index in [1.54, 1.807) is 0 Å². The summed E-state index contributed by atoms with van der Waals surface area (Å²) in [4.78, 5) is 9.78. The number of rotatable bonds is 3. The van der Waals surface area contributed by atoms with Crippen LogP contribution in [-0.2, 0) is 25.9 Å². The van der Waals surface area contributed by atoms with E-state index < -0.39 is 5.41 Å². The lowest BCUT2D eigenvalue weighted by Gasteiger charge is -2.31. The summed E-state index contributed by atoms with van der Waals surface area (Å²) in [5.74, 6) is 2.34. The highest BCUT2D eigenvalue weighted by atomic mass is 15.1. The third kappa shape index (κ3) is 4.83. The molecule has 1 atom stereocenters. The molecule has 9 aromatic carbocycles. The van der Waals surface area contributed by atoms with Gasteiger partial charge < -0.3 is 9.13 Å². The Balaban J connectivity index is 1.13. The zero-order valence-corrected chi connectivity index (χ0v) is 37.7. The molecule has 0 bridgehead atoms. The molecule has 1 spiro atoms.